The summed E-state index contributed by atoms with van der Waals surface area (Å²) in [6, 6.07) is 8.00. The van der Waals surface area contributed by atoms with Crippen LogP contribution in [0.1, 0.15) is 32.3 Å². The van der Waals surface area contributed by atoms with Crippen LogP contribution in [0.5, 0.6) is 0 Å². The molecule has 1 aliphatic heterocycles. The second kappa shape index (κ2) is 7.95. The average Bonchev–Trinajstić information content (AvgIpc) is 2.51. The van der Waals surface area contributed by atoms with Crippen LogP contribution in [-0.2, 0) is 16.0 Å². The van der Waals surface area contributed by atoms with Crippen molar-refractivity contribution in [3.05, 3.63) is 34.3 Å². The lowest BCUT2D eigenvalue weighted by atomic mass is 9.88. The summed E-state index contributed by atoms with van der Waals surface area (Å²) in [5.41, 5.74) is 1.12. The van der Waals surface area contributed by atoms with Gasteiger partial charge in [0.05, 0.1) is 5.92 Å². The molecule has 3 unspecified atom stereocenters. The van der Waals surface area contributed by atoms with Crippen molar-refractivity contribution in [1.29, 1.82) is 0 Å². The largest absolute Gasteiger partial charge is 0.481 e. The quantitative estimate of drug-likeness (QED) is 0.847. The first kappa shape index (κ1) is 18.0. The molecule has 1 heterocycles. The zero-order chi connectivity index (χ0) is 17.0. The molecule has 0 radical (unpaired) electrons. The number of nitrogens with zero attached hydrogens (tertiary/aromatic N) is 1. The third kappa shape index (κ3) is 4.80. The lowest BCUT2D eigenvalue weighted by Crippen LogP contribution is -2.48. The monoisotopic (exact) mass is 381 g/mol. The van der Waals surface area contributed by atoms with Crippen molar-refractivity contribution >= 4 is 27.8 Å². The SMILES string of the molecule is CCC(Cc1cccc(Br)c1)C(=O)N1CC(C)CC(C(=O)O)C1. The van der Waals surface area contributed by atoms with Crippen molar-refractivity contribution < 1.29 is 14.7 Å². The number of piperidine rings is 1. The van der Waals surface area contributed by atoms with Crippen LogP contribution in [0.4, 0.5) is 0 Å². The molecule has 1 aromatic rings. The van der Waals surface area contributed by atoms with Gasteiger partial charge in [-0.05, 0) is 42.9 Å². The number of benzene rings is 1. The molecular formula is C18H24BrNO3. The molecule has 1 fully saturated rings. The third-order valence-electron chi connectivity index (χ3n) is 4.53. The standard InChI is InChI=1S/C18H24BrNO3/c1-3-14(8-13-5-4-6-16(19)9-13)17(21)20-10-12(2)7-15(11-20)18(22)23/h4-6,9,12,14-15H,3,7-8,10-11H2,1-2H3,(H,22,23). The van der Waals surface area contributed by atoms with E-state index in [-0.39, 0.29) is 17.7 Å². The first-order valence-corrected chi connectivity index (χ1v) is 8.96. The van der Waals surface area contributed by atoms with E-state index in [9.17, 15) is 14.7 Å². The number of hydrogen-bond donors (Lipinski definition) is 1. The molecule has 0 bridgehead atoms. The molecular weight excluding hydrogens is 358 g/mol. The van der Waals surface area contributed by atoms with Crippen molar-refractivity contribution in [1.82, 2.24) is 4.90 Å². The first-order valence-electron chi connectivity index (χ1n) is 8.16. The van der Waals surface area contributed by atoms with E-state index in [2.05, 4.69) is 15.9 Å². The van der Waals surface area contributed by atoms with Crippen LogP contribution in [0.25, 0.3) is 0 Å². The van der Waals surface area contributed by atoms with Gasteiger partial charge >= 0.3 is 5.97 Å². The zero-order valence-electron chi connectivity index (χ0n) is 13.7. The Bertz CT molecular complexity index is 575. The second-order valence-electron chi connectivity index (χ2n) is 6.56. The van der Waals surface area contributed by atoms with E-state index in [0.29, 0.717) is 25.9 Å². The van der Waals surface area contributed by atoms with Crippen molar-refractivity contribution in [2.75, 3.05) is 13.1 Å². The highest BCUT2D eigenvalue weighted by atomic mass is 79.9. The Hall–Kier alpha value is -1.36. The van der Waals surface area contributed by atoms with E-state index in [0.717, 1.165) is 16.5 Å². The number of carboxylic acids is 1. The van der Waals surface area contributed by atoms with E-state index in [1.54, 1.807) is 4.90 Å². The molecule has 3 atom stereocenters. The summed E-state index contributed by atoms with van der Waals surface area (Å²) in [6.07, 6.45) is 2.10. The Labute approximate surface area is 146 Å². The van der Waals surface area contributed by atoms with Crippen LogP contribution in [0.2, 0.25) is 0 Å². The van der Waals surface area contributed by atoms with Gasteiger partial charge in [-0.3, -0.25) is 9.59 Å². The van der Waals surface area contributed by atoms with Gasteiger partial charge in [0, 0.05) is 23.5 Å². The van der Waals surface area contributed by atoms with E-state index in [1.165, 1.54) is 0 Å². The number of likely N-dealkylation sites (tertiary alicyclic amines) is 1. The minimum atomic E-state index is -0.797. The molecule has 1 aromatic carbocycles. The van der Waals surface area contributed by atoms with E-state index < -0.39 is 11.9 Å². The van der Waals surface area contributed by atoms with Crippen LogP contribution in [0.3, 0.4) is 0 Å². The summed E-state index contributed by atoms with van der Waals surface area (Å²) < 4.78 is 1.01. The highest BCUT2D eigenvalue weighted by Gasteiger charge is 2.34. The van der Waals surface area contributed by atoms with Gasteiger partial charge in [0.2, 0.25) is 5.91 Å². The molecule has 1 N–H and O–H groups in total. The normalized spacial score (nSPS) is 22.7. The topological polar surface area (TPSA) is 57.6 Å². The molecule has 1 aliphatic rings. The molecule has 1 amide bonds. The smallest absolute Gasteiger partial charge is 0.308 e. The van der Waals surface area contributed by atoms with Gasteiger partial charge in [0.15, 0.2) is 0 Å². The fraction of sp³-hybridized carbons (Fsp3) is 0.556. The van der Waals surface area contributed by atoms with Crippen molar-refractivity contribution in [2.24, 2.45) is 17.8 Å². The minimum Gasteiger partial charge on any atom is -0.481 e. The summed E-state index contributed by atoms with van der Waals surface area (Å²) in [6.45, 7) is 5.04. The van der Waals surface area contributed by atoms with Gasteiger partial charge < -0.3 is 10.0 Å². The molecule has 5 heteroatoms. The highest BCUT2D eigenvalue weighted by molar-refractivity contribution is 9.10. The van der Waals surface area contributed by atoms with Crippen molar-refractivity contribution in [3.8, 4) is 0 Å². The fourth-order valence-electron chi connectivity index (χ4n) is 3.32. The van der Waals surface area contributed by atoms with Crippen LogP contribution in [0.15, 0.2) is 28.7 Å². The molecule has 0 spiro atoms. The molecule has 126 valence electrons. The number of halogens is 1. The Balaban J connectivity index is 2.08. The number of carbonyl (C=O) groups is 2. The number of carbonyl (C=O) groups excluding carboxylic acids is 1. The Kier molecular flexibility index (Phi) is 6.22. The predicted molar refractivity (Wildman–Crippen MR) is 93.1 cm³/mol. The summed E-state index contributed by atoms with van der Waals surface area (Å²) >= 11 is 3.46. The van der Waals surface area contributed by atoms with E-state index in [1.807, 2.05) is 38.1 Å². The van der Waals surface area contributed by atoms with Crippen LogP contribution in [-0.4, -0.2) is 35.0 Å². The van der Waals surface area contributed by atoms with Gasteiger partial charge in [0.25, 0.3) is 0 Å². The fourth-order valence-corrected chi connectivity index (χ4v) is 3.77. The maximum atomic E-state index is 12.9. The Morgan fingerprint density at radius 3 is 2.74 bits per heavy atom. The lowest BCUT2D eigenvalue weighted by molar-refractivity contribution is -0.148. The Morgan fingerprint density at radius 2 is 2.13 bits per heavy atom. The van der Waals surface area contributed by atoms with E-state index >= 15 is 0 Å². The van der Waals surface area contributed by atoms with Gasteiger partial charge in [-0.15, -0.1) is 0 Å². The molecule has 0 saturated carbocycles. The van der Waals surface area contributed by atoms with E-state index in [4.69, 9.17) is 0 Å². The van der Waals surface area contributed by atoms with Crippen LogP contribution in [0, 0.1) is 17.8 Å². The summed E-state index contributed by atoms with van der Waals surface area (Å²) in [7, 11) is 0. The van der Waals surface area contributed by atoms with Crippen molar-refractivity contribution in [3.63, 3.8) is 0 Å². The van der Waals surface area contributed by atoms with Gasteiger partial charge in [-0.25, -0.2) is 0 Å². The van der Waals surface area contributed by atoms with Crippen molar-refractivity contribution in [2.45, 2.75) is 33.1 Å². The number of aliphatic carboxylic acids is 1. The Morgan fingerprint density at radius 1 is 1.39 bits per heavy atom. The molecule has 23 heavy (non-hydrogen) atoms. The maximum Gasteiger partial charge on any atom is 0.308 e. The average molecular weight is 382 g/mol. The zero-order valence-corrected chi connectivity index (χ0v) is 15.3. The van der Waals surface area contributed by atoms with Gasteiger partial charge in [-0.2, -0.15) is 0 Å². The number of carboxylic acid groups (broad SMARTS) is 1. The molecule has 1 saturated heterocycles. The molecule has 0 aromatic heterocycles. The van der Waals surface area contributed by atoms with Gasteiger partial charge in [0.1, 0.15) is 0 Å². The maximum absolute atomic E-state index is 12.9. The molecule has 4 nitrogen and oxygen atoms in total. The highest BCUT2D eigenvalue weighted by Crippen LogP contribution is 2.25. The van der Waals surface area contributed by atoms with Gasteiger partial charge in [-0.1, -0.05) is 41.9 Å². The number of amides is 1. The summed E-state index contributed by atoms with van der Waals surface area (Å²) in [4.78, 5) is 25.9. The minimum absolute atomic E-state index is 0.0882. The lowest BCUT2D eigenvalue weighted by Gasteiger charge is -2.36. The van der Waals surface area contributed by atoms with Crippen LogP contribution < -0.4 is 0 Å². The number of rotatable bonds is 5. The predicted octanol–water partition coefficient (Wildman–Crippen LogP) is 3.59. The third-order valence-corrected chi connectivity index (χ3v) is 5.03. The number of hydrogen-bond acceptors (Lipinski definition) is 2. The molecule has 2 rings (SSSR count). The summed E-state index contributed by atoms with van der Waals surface area (Å²) in [5, 5.41) is 9.27. The van der Waals surface area contributed by atoms with Crippen LogP contribution >= 0.6 is 15.9 Å². The molecule has 0 aliphatic carbocycles. The second-order valence-corrected chi connectivity index (χ2v) is 7.47. The first-order chi connectivity index (χ1) is 10.9. The summed E-state index contributed by atoms with van der Waals surface area (Å²) in [5.74, 6) is -1.01.